The average Bonchev–Trinajstić information content (AvgIpc) is 3.47. The first-order valence-electron chi connectivity index (χ1n) is 13.2. The Kier molecular flexibility index (Phi) is 8.87. The van der Waals surface area contributed by atoms with Gasteiger partial charge in [0.2, 0.25) is 0 Å². The normalized spacial score (nSPS) is 18.1. The lowest BCUT2D eigenvalue weighted by molar-refractivity contribution is -0.137. The third kappa shape index (κ3) is 6.70. The monoisotopic (exact) mass is 523 g/mol. The number of aliphatic carboxylic acids is 1. The van der Waals surface area contributed by atoms with Crippen molar-refractivity contribution in [1.29, 1.82) is 0 Å². The minimum absolute atomic E-state index is 0. The van der Waals surface area contributed by atoms with E-state index in [0.29, 0.717) is 5.92 Å². The number of nitrogens with one attached hydrogen (secondary N) is 1. The van der Waals surface area contributed by atoms with Crippen LogP contribution in [0, 0.1) is 19.8 Å². The van der Waals surface area contributed by atoms with Crippen LogP contribution in [0.3, 0.4) is 0 Å². The number of rotatable bonds is 9. The maximum absolute atomic E-state index is 11.7. The van der Waals surface area contributed by atoms with Gasteiger partial charge in [0, 0.05) is 36.9 Å². The van der Waals surface area contributed by atoms with Crippen LogP contribution in [0.4, 0.5) is 5.82 Å². The summed E-state index contributed by atoms with van der Waals surface area (Å²) in [6, 6.07) is 14.7. The van der Waals surface area contributed by atoms with E-state index in [-0.39, 0.29) is 24.7 Å². The summed E-state index contributed by atoms with van der Waals surface area (Å²) in [5.41, 5.74) is 6.61. The van der Waals surface area contributed by atoms with Gasteiger partial charge in [-0.2, -0.15) is 5.10 Å². The molecule has 5 rings (SSSR count). The fraction of sp³-hybridized carbons (Fsp3) is 0.483. The zero-order chi connectivity index (χ0) is 25.1. The predicted octanol–water partition coefficient (Wildman–Crippen LogP) is 5.18. The molecular weight excluding hydrogens is 486 g/mol. The van der Waals surface area contributed by atoms with E-state index in [1.54, 1.807) is 0 Å². The van der Waals surface area contributed by atoms with E-state index in [1.165, 1.54) is 17.7 Å². The molecule has 0 spiro atoms. The van der Waals surface area contributed by atoms with E-state index in [0.717, 1.165) is 80.3 Å². The second kappa shape index (κ2) is 12.1. The van der Waals surface area contributed by atoms with Crippen LogP contribution in [0.1, 0.15) is 59.8 Å². The molecule has 2 aliphatic heterocycles. The Morgan fingerprint density at radius 3 is 2.86 bits per heavy atom. The lowest BCUT2D eigenvalue weighted by Crippen LogP contribution is -2.28. The number of fused-ring (bicyclic) bond motifs is 1. The summed E-state index contributed by atoms with van der Waals surface area (Å²) in [5, 5.41) is 17.7. The summed E-state index contributed by atoms with van der Waals surface area (Å²) in [6.07, 6.45) is 5.72. The number of likely N-dealkylation sites (tertiary alicyclic amines) is 1. The Bertz CT molecular complexity index is 1230. The van der Waals surface area contributed by atoms with Crippen molar-refractivity contribution in [3.63, 3.8) is 0 Å². The fourth-order valence-corrected chi connectivity index (χ4v) is 5.79. The van der Waals surface area contributed by atoms with Gasteiger partial charge in [-0.05, 0) is 93.8 Å². The van der Waals surface area contributed by atoms with E-state index >= 15 is 0 Å². The Morgan fingerprint density at radius 2 is 2.08 bits per heavy atom. The second-order valence-corrected chi connectivity index (χ2v) is 10.5. The largest absolute Gasteiger partial charge is 0.481 e. The molecule has 0 aliphatic carbocycles. The SMILES string of the molecule is Cc1cc(C)n(-c2cccc([C@H](CC(=O)O)CN3CC[C@@H](CCc4ccc5c(n4)NCCC5)C3)c2)n1.Cl. The first-order valence-corrected chi connectivity index (χ1v) is 13.2. The van der Waals surface area contributed by atoms with Crippen LogP contribution in [0.25, 0.3) is 5.69 Å². The number of pyridine rings is 1. The number of hydrogen-bond donors (Lipinski definition) is 2. The zero-order valence-electron chi connectivity index (χ0n) is 21.8. The molecule has 0 unspecified atom stereocenters. The maximum Gasteiger partial charge on any atom is 0.304 e. The highest BCUT2D eigenvalue weighted by Crippen LogP contribution is 2.29. The lowest BCUT2D eigenvalue weighted by Gasteiger charge is -2.24. The number of carboxylic acid groups (broad SMARTS) is 1. The molecule has 2 aromatic heterocycles. The molecule has 0 bridgehead atoms. The van der Waals surface area contributed by atoms with Crippen molar-refractivity contribution in [3.05, 3.63) is 70.7 Å². The first kappa shape index (κ1) is 27.1. The summed E-state index contributed by atoms with van der Waals surface area (Å²) in [5.74, 6) is 0.902. The van der Waals surface area contributed by atoms with Crippen LogP contribution >= 0.6 is 12.4 Å². The molecule has 1 aromatic carbocycles. The summed E-state index contributed by atoms with van der Waals surface area (Å²) >= 11 is 0. The highest BCUT2D eigenvalue weighted by atomic mass is 35.5. The number of benzene rings is 1. The minimum Gasteiger partial charge on any atom is -0.481 e. The number of carbonyl (C=O) groups is 1. The molecule has 8 heteroatoms. The van der Waals surface area contributed by atoms with Crippen molar-refractivity contribution in [3.8, 4) is 5.69 Å². The topological polar surface area (TPSA) is 83.3 Å². The molecule has 2 atom stereocenters. The van der Waals surface area contributed by atoms with E-state index in [1.807, 2.05) is 30.7 Å². The Labute approximate surface area is 225 Å². The lowest BCUT2D eigenvalue weighted by atomic mass is 9.94. The number of aryl methyl sites for hydroxylation is 4. The highest BCUT2D eigenvalue weighted by Gasteiger charge is 2.27. The first-order chi connectivity index (χ1) is 17.4. The molecule has 7 nitrogen and oxygen atoms in total. The van der Waals surface area contributed by atoms with Crippen molar-refractivity contribution in [2.45, 2.75) is 58.3 Å². The molecule has 37 heavy (non-hydrogen) atoms. The molecule has 2 N–H and O–H groups in total. The maximum atomic E-state index is 11.7. The molecular formula is C29H38ClN5O2. The van der Waals surface area contributed by atoms with Crippen molar-refractivity contribution in [2.75, 3.05) is 31.5 Å². The molecule has 1 fully saturated rings. The smallest absolute Gasteiger partial charge is 0.304 e. The number of halogens is 1. The van der Waals surface area contributed by atoms with E-state index in [2.05, 4.69) is 45.6 Å². The van der Waals surface area contributed by atoms with Crippen LogP contribution in [0.5, 0.6) is 0 Å². The Morgan fingerprint density at radius 1 is 1.22 bits per heavy atom. The molecule has 0 amide bonds. The van der Waals surface area contributed by atoms with Gasteiger partial charge in [0.05, 0.1) is 17.8 Å². The molecule has 0 saturated carbocycles. The number of carboxylic acids is 1. The van der Waals surface area contributed by atoms with Gasteiger partial charge in [-0.1, -0.05) is 18.2 Å². The standard InChI is InChI=1S/C29H37N5O2.ClH/c1-20-15-21(2)34(32-20)27-7-3-5-24(16-27)25(17-28(35)36)19-33-14-12-22(18-33)8-10-26-11-9-23-6-4-13-30-29(23)31-26;/h3,5,7,9,11,15-16,22,25H,4,6,8,10,12-14,17-19H2,1-2H3,(H,30,31)(H,35,36);1H/t22-,25-;/m1./s1. The van der Waals surface area contributed by atoms with E-state index in [9.17, 15) is 9.90 Å². The van der Waals surface area contributed by atoms with Gasteiger partial charge in [-0.25, -0.2) is 9.67 Å². The van der Waals surface area contributed by atoms with Crippen molar-refractivity contribution in [1.82, 2.24) is 19.7 Å². The molecule has 4 heterocycles. The molecule has 2 aliphatic rings. The summed E-state index contributed by atoms with van der Waals surface area (Å²) in [4.78, 5) is 19.1. The summed E-state index contributed by atoms with van der Waals surface area (Å²) in [7, 11) is 0. The third-order valence-electron chi connectivity index (χ3n) is 7.63. The summed E-state index contributed by atoms with van der Waals surface area (Å²) in [6.45, 7) is 7.87. The van der Waals surface area contributed by atoms with Gasteiger partial charge in [-0.15, -0.1) is 12.4 Å². The number of aromatic nitrogens is 3. The van der Waals surface area contributed by atoms with Gasteiger partial charge in [-0.3, -0.25) is 4.79 Å². The van der Waals surface area contributed by atoms with Crippen LogP contribution in [-0.4, -0.2) is 56.9 Å². The van der Waals surface area contributed by atoms with Crippen molar-refractivity contribution >= 4 is 24.2 Å². The minimum atomic E-state index is -0.751. The van der Waals surface area contributed by atoms with Gasteiger partial charge in [0.15, 0.2) is 0 Å². The number of hydrogen-bond acceptors (Lipinski definition) is 5. The van der Waals surface area contributed by atoms with Crippen LogP contribution in [-0.2, 0) is 17.6 Å². The Balaban J connectivity index is 0.00000320. The van der Waals surface area contributed by atoms with Crippen LogP contribution < -0.4 is 5.32 Å². The van der Waals surface area contributed by atoms with Crippen molar-refractivity contribution < 1.29 is 9.90 Å². The zero-order valence-corrected chi connectivity index (χ0v) is 22.6. The number of nitrogens with zero attached hydrogens (tertiary/aromatic N) is 4. The van der Waals surface area contributed by atoms with Gasteiger partial charge >= 0.3 is 5.97 Å². The summed E-state index contributed by atoms with van der Waals surface area (Å²) < 4.78 is 1.94. The second-order valence-electron chi connectivity index (χ2n) is 10.5. The van der Waals surface area contributed by atoms with Gasteiger partial charge in [0.25, 0.3) is 0 Å². The third-order valence-corrected chi connectivity index (χ3v) is 7.63. The average molecular weight is 524 g/mol. The van der Waals surface area contributed by atoms with Gasteiger partial charge in [0.1, 0.15) is 5.82 Å². The molecule has 198 valence electrons. The highest BCUT2D eigenvalue weighted by molar-refractivity contribution is 5.85. The predicted molar refractivity (Wildman–Crippen MR) is 149 cm³/mol. The molecule has 3 aromatic rings. The van der Waals surface area contributed by atoms with E-state index < -0.39 is 5.97 Å². The van der Waals surface area contributed by atoms with Gasteiger partial charge < -0.3 is 15.3 Å². The Hall–Kier alpha value is -2.90. The van der Waals surface area contributed by atoms with Crippen molar-refractivity contribution in [2.24, 2.45) is 5.92 Å². The van der Waals surface area contributed by atoms with Crippen LogP contribution in [0.2, 0.25) is 0 Å². The quantitative estimate of drug-likeness (QED) is 0.402. The van der Waals surface area contributed by atoms with E-state index in [4.69, 9.17) is 4.98 Å². The number of anilines is 1. The molecule has 0 radical (unpaired) electrons. The van der Waals surface area contributed by atoms with Crippen LogP contribution in [0.15, 0.2) is 42.5 Å². The molecule has 1 saturated heterocycles. The fourth-order valence-electron chi connectivity index (χ4n) is 5.79.